The molecule has 2 N–H and O–H groups in total. The highest BCUT2D eigenvalue weighted by Crippen LogP contribution is 2.28. The molecule has 4 nitrogen and oxygen atoms in total. The molecule has 1 saturated heterocycles. The molecule has 18 heavy (non-hydrogen) atoms. The first-order valence-corrected chi connectivity index (χ1v) is 6.90. The van der Waals surface area contributed by atoms with Gasteiger partial charge in [0, 0.05) is 19.6 Å². The normalized spacial score (nSPS) is 26.8. The smallest absolute Gasteiger partial charge is 0.0760 e. The van der Waals surface area contributed by atoms with Gasteiger partial charge in [0.25, 0.3) is 0 Å². The zero-order valence-corrected chi connectivity index (χ0v) is 12.8. The second kappa shape index (κ2) is 5.45. The molecule has 1 fully saturated rings. The predicted molar refractivity (Wildman–Crippen MR) is 74.9 cm³/mol. The fourth-order valence-electron chi connectivity index (χ4n) is 3.14. The van der Waals surface area contributed by atoms with Crippen LogP contribution in [-0.4, -0.2) is 59.5 Å². The summed E-state index contributed by atoms with van der Waals surface area (Å²) in [4.78, 5) is 2.39. The van der Waals surface area contributed by atoms with Crippen LogP contribution in [0.1, 0.15) is 41.5 Å². The molecule has 0 amide bonds. The third-order valence-electron chi connectivity index (χ3n) is 3.29. The highest BCUT2D eigenvalue weighted by molar-refractivity contribution is 4.94. The molecule has 1 unspecified atom stereocenters. The molecular weight excluding hydrogens is 228 g/mol. The van der Waals surface area contributed by atoms with Crippen molar-refractivity contribution in [1.29, 1.82) is 0 Å². The summed E-state index contributed by atoms with van der Waals surface area (Å²) in [5.74, 6) is 0. The molecule has 0 bridgehead atoms. The second-order valence-electron chi connectivity index (χ2n) is 7.02. The lowest BCUT2D eigenvalue weighted by Gasteiger charge is -2.49. The molecule has 1 aliphatic heterocycles. The van der Waals surface area contributed by atoms with Gasteiger partial charge in [-0.3, -0.25) is 4.90 Å². The van der Waals surface area contributed by atoms with Crippen LogP contribution < -0.4 is 5.32 Å². The number of nitrogens with one attached hydrogen (secondary N) is 1. The lowest BCUT2D eigenvalue weighted by atomic mass is 9.95. The van der Waals surface area contributed by atoms with Crippen molar-refractivity contribution in [3.05, 3.63) is 0 Å². The van der Waals surface area contributed by atoms with Gasteiger partial charge in [-0.25, -0.2) is 0 Å². The first-order valence-electron chi connectivity index (χ1n) is 6.90. The van der Waals surface area contributed by atoms with E-state index in [0.29, 0.717) is 0 Å². The molecule has 108 valence electrons. The number of hydrogen-bond acceptors (Lipinski definition) is 4. The number of aliphatic hydroxyl groups excluding tert-OH is 1. The van der Waals surface area contributed by atoms with Gasteiger partial charge in [-0.15, -0.1) is 0 Å². The first kappa shape index (κ1) is 15.9. The van der Waals surface area contributed by atoms with E-state index in [4.69, 9.17) is 4.74 Å². The molecule has 1 heterocycles. The van der Waals surface area contributed by atoms with E-state index < -0.39 is 0 Å². The fourth-order valence-corrected chi connectivity index (χ4v) is 3.14. The molecule has 0 aromatic heterocycles. The van der Waals surface area contributed by atoms with Crippen LogP contribution in [0.2, 0.25) is 0 Å². The average molecular weight is 258 g/mol. The van der Waals surface area contributed by atoms with Gasteiger partial charge in [0.1, 0.15) is 0 Å². The minimum atomic E-state index is -0.238. The van der Waals surface area contributed by atoms with Crippen LogP contribution in [0.5, 0.6) is 0 Å². The maximum Gasteiger partial charge on any atom is 0.0760 e. The summed E-state index contributed by atoms with van der Waals surface area (Å²) in [7, 11) is 0. The second-order valence-corrected chi connectivity index (χ2v) is 7.02. The highest BCUT2D eigenvalue weighted by Gasteiger charge is 2.40. The van der Waals surface area contributed by atoms with Gasteiger partial charge in [0.05, 0.1) is 23.3 Å². The number of rotatable bonds is 5. The van der Waals surface area contributed by atoms with Gasteiger partial charge in [-0.2, -0.15) is 0 Å². The van der Waals surface area contributed by atoms with Crippen molar-refractivity contribution in [2.24, 2.45) is 0 Å². The maximum absolute atomic E-state index is 9.59. The standard InChI is InChI=1S/C14H30N2O2/c1-7-15-14(6,11-17)10-16-8-12(2,3)18-13(4,5)9-16/h15,17H,7-11H2,1-6H3. The summed E-state index contributed by atoms with van der Waals surface area (Å²) in [6.45, 7) is 16.3. The van der Waals surface area contributed by atoms with Crippen LogP contribution in [0.25, 0.3) is 0 Å². The topological polar surface area (TPSA) is 44.7 Å². The molecule has 0 aromatic rings. The van der Waals surface area contributed by atoms with Gasteiger partial charge >= 0.3 is 0 Å². The van der Waals surface area contributed by atoms with E-state index in [1.807, 2.05) is 0 Å². The SMILES string of the molecule is CCNC(C)(CO)CN1CC(C)(C)OC(C)(C)C1. The first-order chi connectivity index (χ1) is 8.11. The van der Waals surface area contributed by atoms with Crippen molar-refractivity contribution in [1.82, 2.24) is 10.2 Å². The molecule has 1 aliphatic rings. The molecule has 0 aromatic carbocycles. The summed E-state index contributed by atoms with van der Waals surface area (Å²) in [5.41, 5.74) is -0.507. The number of morpholine rings is 1. The number of nitrogens with zero attached hydrogens (tertiary/aromatic N) is 1. The number of hydrogen-bond donors (Lipinski definition) is 2. The van der Waals surface area contributed by atoms with Crippen molar-refractivity contribution in [2.75, 3.05) is 32.8 Å². The third-order valence-corrected chi connectivity index (χ3v) is 3.29. The Labute approximate surface area is 112 Å². The number of ether oxygens (including phenoxy) is 1. The molecule has 4 heteroatoms. The van der Waals surface area contributed by atoms with Crippen LogP contribution in [0.4, 0.5) is 0 Å². The maximum atomic E-state index is 9.59. The Balaban J connectivity index is 2.71. The minimum absolute atomic E-state index is 0.135. The average Bonchev–Trinajstić information content (AvgIpc) is 2.12. The fraction of sp³-hybridized carbons (Fsp3) is 1.00. The molecule has 0 aliphatic carbocycles. The van der Waals surface area contributed by atoms with Crippen molar-refractivity contribution >= 4 is 0 Å². The lowest BCUT2D eigenvalue weighted by molar-refractivity contribution is -0.183. The Morgan fingerprint density at radius 2 is 1.72 bits per heavy atom. The summed E-state index contributed by atoms with van der Waals surface area (Å²) in [6, 6.07) is 0. The Morgan fingerprint density at radius 1 is 1.22 bits per heavy atom. The van der Waals surface area contributed by atoms with E-state index in [2.05, 4.69) is 51.8 Å². The Bertz CT molecular complexity index is 263. The summed E-state index contributed by atoms with van der Waals surface area (Å²) < 4.78 is 6.07. The molecule has 0 radical (unpaired) electrons. The van der Waals surface area contributed by atoms with E-state index in [1.165, 1.54) is 0 Å². The zero-order chi connectivity index (χ0) is 14.0. The molecular formula is C14H30N2O2. The van der Waals surface area contributed by atoms with Gasteiger partial charge < -0.3 is 15.2 Å². The van der Waals surface area contributed by atoms with Gasteiger partial charge in [0.15, 0.2) is 0 Å². The highest BCUT2D eigenvalue weighted by atomic mass is 16.5. The van der Waals surface area contributed by atoms with E-state index >= 15 is 0 Å². The van der Waals surface area contributed by atoms with Crippen LogP contribution >= 0.6 is 0 Å². The summed E-state index contributed by atoms with van der Waals surface area (Å²) in [6.07, 6.45) is 0. The quantitative estimate of drug-likeness (QED) is 0.779. The Hall–Kier alpha value is -0.160. The van der Waals surface area contributed by atoms with Gasteiger partial charge in [0.2, 0.25) is 0 Å². The van der Waals surface area contributed by atoms with Gasteiger partial charge in [-0.05, 0) is 41.2 Å². The largest absolute Gasteiger partial charge is 0.394 e. The number of likely N-dealkylation sites (N-methyl/N-ethyl adjacent to an activating group) is 1. The minimum Gasteiger partial charge on any atom is -0.394 e. The van der Waals surface area contributed by atoms with Crippen LogP contribution in [0.3, 0.4) is 0 Å². The van der Waals surface area contributed by atoms with Crippen molar-refractivity contribution < 1.29 is 9.84 Å². The van der Waals surface area contributed by atoms with E-state index in [1.54, 1.807) is 0 Å². The Kier molecular flexibility index (Phi) is 4.81. The Morgan fingerprint density at radius 3 is 2.11 bits per heavy atom. The van der Waals surface area contributed by atoms with Crippen LogP contribution in [-0.2, 0) is 4.74 Å². The predicted octanol–water partition coefficient (Wildman–Crippen LogP) is 1.24. The summed E-state index contributed by atoms with van der Waals surface area (Å²) >= 11 is 0. The molecule has 1 atom stereocenters. The van der Waals surface area contributed by atoms with Crippen molar-refractivity contribution in [3.8, 4) is 0 Å². The molecule has 0 saturated carbocycles. The van der Waals surface area contributed by atoms with E-state index in [-0.39, 0.29) is 23.3 Å². The van der Waals surface area contributed by atoms with E-state index in [9.17, 15) is 5.11 Å². The molecule has 1 rings (SSSR count). The lowest BCUT2D eigenvalue weighted by Crippen LogP contribution is -2.62. The van der Waals surface area contributed by atoms with Crippen LogP contribution in [0, 0.1) is 0 Å². The summed E-state index contributed by atoms with van der Waals surface area (Å²) in [5, 5.41) is 13.0. The van der Waals surface area contributed by atoms with Crippen molar-refractivity contribution in [2.45, 2.75) is 58.3 Å². The number of aliphatic hydroxyl groups is 1. The van der Waals surface area contributed by atoms with E-state index in [0.717, 1.165) is 26.2 Å². The zero-order valence-electron chi connectivity index (χ0n) is 12.8. The van der Waals surface area contributed by atoms with Crippen LogP contribution in [0.15, 0.2) is 0 Å². The van der Waals surface area contributed by atoms with Crippen molar-refractivity contribution in [3.63, 3.8) is 0 Å². The monoisotopic (exact) mass is 258 g/mol. The van der Waals surface area contributed by atoms with Gasteiger partial charge in [-0.1, -0.05) is 6.92 Å². The molecule has 0 spiro atoms. The third kappa shape index (κ3) is 4.50.